The van der Waals surface area contributed by atoms with Crippen LogP contribution in [-0.2, 0) is 12.7 Å². The summed E-state index contributed by atoms with van der Waals surface area (Å²) in [4.78, 5) is 1.86. The molecular formula is C12H13F3N4O. The molecule has 8 heteroatoms. The van der Waals surface area contributed by atoms with E-state index in [1.54, 1.807) is 0 Å². The monoisotopic (exact) mass is 286 g/mol. The molecule has 1 heterocycles. The molecule has 2 aromatic rings. The van der Waals surface area contributed by atoms with Gasteiger partial charge in [-0.2, -0.15) is 13.2 Å². The lowest BCUT2D eigenvalue weighted by Gasteiger charge is -2.07. The van der Waals surface area contributed by atoms with Crippen LogP contribution < -0.4 is 5.32 Å². The third kappa shape index (κ3) is 3.70. The highest BCUT2D eigenvalue weighted by atomic mass is 19.4. The van der Waals surface area contributed by atoms with Crippen LogP contribution in [0.25, 0.3) is 0 Å². The van der Waals surface area contributed by atoms with Gasteiger partial charge in [-0.3, -0.25) is 0 Å². The third-order valence-electron chi connectivity index (χ3n) is 2.38. The van der Waals surface area contributed by atoms with Crippen LogP contribution in [0.1, 0.15) is 11.5 Å². The Hall–Kier alpha value is -2.09. The molecule has 5 nitrogen and oxygen atoms in total. The Labute approximate surface area is 113 Å². The molecule has 0 amide bonds. The van der Waals surface area contributed by atoms with Gasteiger partial charge < -0.3 is 14.6 Å². The Kier molecular flexibility index (Phi) is 3.93. The largest absolute Gasteiger partial charge is 0.416 e. The van der Waals surface area contributed by atoms with Crippen LogP contribution in [0.5, 0.6) is 0 Å². The highest BCUT2D eigenvalue weighted by Gasteiger charge is 2.29. The average molecular weight is 286 g/mol. The zero-order valence-electron chi connectivity index (χ0n) is 10.9. The van der Waals surface area contributed by atoms with Crippen LogP contribution in [0.15, 0.2) is 28.7 Å². The van der Waals surface area contributed by atoms with Crippen molar-refractivity contribution in [2.24, 2.45) is 0 Å². The molecule has 108 valence electrons. The van der Waals surface area contributed by atoms with Crippen molar-refractivity contribution in [3.8, 4) is 0 Å². The molecule has 0 fully saturated rings. The van der Waals surface area contributed by atoms with Gasteiger partial charge in [-0.15, -0.1) is 5.10 Å². The molecular weight excluding hydrogens is 273 g/mol. The summed E-state index contributed by atoms with van der Waals surface area (Å²) < 4.78 is 42.5. The summed E-state index contributed by atoms with van der Waals surface area (Å²) >= 11 is 0. The minimum atomic E-state index is -4.35. The molecule has 20 heavy (non-hydrogen) atoms. The molecule has 0 aliphatic carbocycles. The Morgan fingerprint density at radius 1 is 1.15 bits per heavy atom. The number of nitrogens with one attached hydrogen (secondary N) is 1. The van der Waals surface area contributed by atoms with Gasteiger partial charge >= 0.3 is 12.2 Å². The van der Waals surface area contributed by atoms with E-state index in [9.17, 15) is 13.2 Å². The minimum Gasteiger partial charge on any atom is -0.406 e. The highest BCUT2D eigenvalue weighted by Crippen LogP contribution is 2.30. The summed E-state index contributed by atoms with van der Waals surface area (Å²) in [6.45, 7) is 0.488. The van der Waals surface area contributed by atoms with E-state index >= 15 is 0 Å². The molecule has 0 saturated carbocycles. The molecule has 0 atom stereocenters. The predicted molar refractivity (Wildman–Crippen MR) is 66.4 cm³/mol. The van der Waals surface area contributed by atoms with Crippen molar-refractivity contribution in [1.82, 2.24) is 15.1 Å². The maximum Gasteiger partial charge on any atom is 0.416 e. The van der Waals surface area contributed by atoms with Gasteiger partial charge in [0.1, 0.15) is 0 Å². The molecule has 0 bridgehead atoms. The molecule has 0 saturated heterocycles. The summed E-state index contributed by atoms with van der Waals surface area (Å²) in [6, 6.07) is 4.72. The van der Waals surface area contributed by atoms with Crippen LogP contribution in [-0.4, -0.2) is 29.2 Å². The van der Waals surface area contributed by atoms with Gasteiger partial charge in [0.2, 0.25) is 5.89 Å². The second-order valence-electron chi connectivity index (χ2n) is 4.44. The topological polar surface area (TPSA) is 54.2 Å². The standard InChI is InChI=1S/C12H13F3N4O/c1-19(2)7-10-17-18-11(20-10)16-9-5-3-8(4-6-9)12(13,14)15/h3-6H,7H2,1-2H3,(H,16,18). The van der Waals surface area contributed by atoms with Gasteiger partial charge in [0.05, 0.1) is 12.1 Å². The zero-order valence-corrected chi connectivity index (χ0v) is 10.9. The summed E-state index contributed by atoms with van der Waals surface area (Å²) in [5.41, 5.74) is -0.264. The average Bonchev–Trinajstić information content (AvgIpc) is 2.75. The van der Waals surface area contributed by atoms with Crippen molar-refractivity contribution in [1.29, 1.82) is 0 Å². The lowest BCUT2D eigenvalue weighted by atomic mass is 10.2. The molecule has 0 spiro atoms. The summed E-state index contributed by atoms with van der Waals surface area (Å²) in [5.74, 6) is 0.421. The van der Waals surface area contributed by atoms with E-state index in [0.717, 1.165) is 12.1 Å². The number of nitrogens with zero attached hydrogens (tertiary/aromatic N) is 3. The molecule has 2 rings (SSSR count). The SMILES string of the molecule is CN(C)Cc1nnc(Nc2ccc(C(F)(F)F)cc2)o1. The van der Waals surface area contributed by atoms with Crippen molar-refractivity contribution in [2.75, 3.05) is 19.4 Å². The number of hydrogen-bond donors (Lipinski definition) is 1. The van der Waals surface area contributed by atoms with Gasteiger partial charge in [0.25, 0.3) is 0 Å². The van der Waals surface area contributed by atoms with Gasteiger partial charge in [-0.25, -0.2) is 0 Å². The van der Waals surface area contributed by atoms with E-state index in [4.69, 9.17) is 4.42 Å². The molecule has 0 aliphatic rings. The summed E-state index contributed by atoms with van der Waals surface area (Å²) in [5, 5.41) is 10.3. The minimum absolute atomic E-state index is 0.140. The van der Waals surface area contributed by atoms with E-state index in [1.165, 1.54) is 12.1 Å². The van der Waals surface area contributed by atoms with Crippen molar-refractivity contribution in [2.45, 2.75) is 12.7 Å². The van der Waals surface area contributed by atoms with Crippen LogP contribution >= 0.6 is 0 Å². The maximum absolute atomic E-state index is 12.4. The first-order valence-electron chi connectivity index (χ1n) is 5.76. The quantitative estimate of drug-likeness (QED) is 0.936. The van der Waals surface area contributed by atoms with Gasteiger partial charge in [0, 0.05) is 5.69 Å². The number of rotatable bonds is 4. The Morgan fingerprint density at radius 3 is 2.35 bits per heavy atom. The first-order chi connectivity index (χ1) is 9.34. The lowest BCUT2D eigenvalue weighted by molar-refractivity contribution is -0.137. The lowest BCUT2D eigenvalue weighted by Crippen LogP contribution is -2.10. The fourth-order valence-electron chi connectivity index (χ4n) is 1.50. The van der Waals surface area contributed by atoms with E-state index in [2.05, 4.69) is 15.5 Å². The van der Waals surface area contributed by atoms with Crippen LogP contribution in [0, 0.1) is 0 Å². The summed E-state index contributed by atoms with van der Waals surface area (Å²) in [7, 11) is 3.71. The van der Waals surface area contributed by atoms with E-state index in [-0.39, 0.29) is 6.01 Å². The fraction of sp³-hybridized carbons (Fsp3) is 0.333. The second-order valence-corrected chi connectivity index (χ2v) is 4.44. The number of benzene rings is 1. The molecule has 0 unspecified atom stereocenters. The van der Waals surface area contributed by atoms with Crippen molar-refractivity contribution in [3.05, 3.63) is 35.7 Å². The third-order valence-corrected chi connectivity index (χ3v) is 2.38. The molecule has 1 N–H and O–H groups in total. The van der Waals surface area contributed by atoms with Crippen molar-refractivity contribution in [3.63, 3.8) is 0 Å². The van der Waals surface area contributed by atoms with Gasteiger partial charge in [-0.1, -0.05) is 5.10 Å². The second kappa shape index (κ2) is 5.49. The maximum atomic E-state index is 12.4. The smallest absolute Gasteiger partial charge is 0.406 e. The number of halogens is 3. The van der Waals surface area contributed by atoms with E-state index in [0.29, 0.717) is 18.1 Å². The fourth-order valence-corrected chi connectivity index (χ4v) is 1.50. The summed E-state index contributed by atoms with van der Waals surface area (Å²) in [6.07, 6.45) is -4.35. The predicted octanol–water partition coefficient (Wildman–Crippen LogP) is 2.89. The van der Waals surface area contributed by atoms with Crippen LogP contribution in [0.3, 0.4) is 0 Å². The Morgan fingerprint density at radius 2 is 1.80 bits per heavy atom. The number of alkyl halides is 3. The Balaban J connectivity index is 2.05. The van der Waals surface area contributed by atoms with Crippen molar-refractivity contribution < 1.29 is 17.6 Å². The first-order valence-corrected chi connectivity index (χ1v) is 5.76. The molecule has 1 aromatic carbocycles. The number of aromatic nitrogens is 2. The molecule has 1 aromatic heterocycles. The Bertz CT molecular complexity index is 563. The zero-order chi connectivity index (χ0) is 14.8. The number of hydrogen-bond acceptors (Lipinski definition) is 5. The van der Waals surface area contributed by atoms with E-state index in [1.807, 2.05) is 19.0 Å². The first kappa shape index (κ1) is 14.3. The van der Waals surface area contributed by atoms with Gasteiger partial charge in [0.15, 0.2) is 0 Å². The van der Waals surface area contributed by atoms with Gasteiger partial charge in [-0.05, 0) is 38.4 Å². The molecule has 0 aliphatic heterocycles. The van der Waals surface area contributed by atoms with E-state index < -0.39 is 11.7 Å². The van der Waals surface area contributed by atoms with Crippen LogP contribution in [0.4, 0.5) is 24.9 Å². The van der Waals surface area contributed by atoms with Crippen molar-refractivity contribution >= 4 is 11.7 Å². The number of anilines is 2. The van der Waals surface area contributed by atoms with Crippen LogP contribution in [0.2, 0.25) is 0 Å². The molecule has 0 radical (unpaired) electrons. The normalized spacial score (nSPS) is 11.9. The highest BCUT2D eigenvalue weighted by molar-refractivity contribution is 5.52.